The molecule has 0 N–H and O–H groups in total. The number of pyridine rings is 1. The van der Waals surface area contributed by atoms with Crippen LogP contribution >= 0.6 is 0 Å². The molecule has 0 radical (unpaired) electrons. The van der Waals surface area contributed by atoms with E-state index >= 15 is 0 Å². The van der Waals surface area contributed by atoms with Gasteiger partial charge in [-0.25, -0.2) is 4.52 Å². The lowest BCUT2D eigenvalue weighted by molar-refractivity contribution is 0.604. The van der Waals surface area contributed by atoms with Crippen LogP contribution in [0.4, 0.5) is 0 Å². The molecule has 1 atom stereocenters. The van der Waals surface area contributed by atoms with Gasteiger partial charge in [0.1, 0.15) is 0 Å². The third-order valence-electron chi connectivity index (χ3n) is 5.71. The number of nitriles is 1. The van der Waals surface area contributed by atoms with Crippen LogP contribution in [0.15, 0.2) is 67.3 Å². The van der Waals surface area contributed by atoms with Crippen molar-refractivity contribution in [2.45, 2.75) is 19.3 Å². The van der Waals surface area contributed by atoms with E-state index < -0.39 is 0 Å². The first-order valence-electron chi connectivity index (χ1n) is 9.88. The minimum Gasteiger partial charge on any atom is -0.275 e. The number of fused-ring (bicyclic) bond motifs is 1. The first kappa shape index (κ1) is 17.4. The molecule has 0 bridgehead atoms. The maximum atomic E-state index is 9.19. The van der Waals surface area contributed by atoms with E-state index in [9.17, 15) is 5.26 Å². The summed E-state index contributed by atoms with van der Waals surface area (Å²) in [6.07, 6.45) is 12.8. The van der Waals surface area contributed by atoms with Crippen molar-refractivity contribution >= 4 is 11.1 Å². The van der Waals surface area contributed by atoms with E-state index in [2.05, 4.69) is 52.7 Å². The Morgan fingerprint density at radius 3 is 2.52 bits per heavy atom. The van der Waals surface area contributed by atoms with Crippen LogP contribution in [0.1, 0.15) is 24.8 Å². The Morgan fingerprint density at radius 2 is 1.83 bits per heavy atom. The van der Waals surface area contributed by atoms with Crippen LogP contribution in [0.3, 0.4) is 0 Å². The number of rotatable bonds is 3. The molecule has 29 heavy (non-hydrogen) atoms. The average molecular weight is 379 g/mol. The van der Waals surface area contributed by atoms with Crippen LogP contribution in [0.25, 0.3) is 33.3 Å². The molecule has 0 aliphatic heterocycles. The van der Waals surface area contributed by atoms with Gasteiger partial charge in [0.15, 0.2) is 0 Å². The highest BCUT2D eigenvalue weighted by atomic mass is 15.2. The fourth-order valence-electron chi connectivity index (χ4n) is 4.12. The SMILES string of the molecule is Cn1cc(-c2ccc(-c3cnn4cccc(C5=CCC(C#N)CC5)c34)cc2)cn1. The lowest BCUT2D eigenvalue weighted by atomic mass is 9.86. The molecule has 5 rings (SSSR count). The molecule has 1 aliphatic rings. The summed E-state index contributed by atoms with van der Waals surface area (Å²) in [4.78, 5) is 0. The molecule has 0 fully saturated rings. The predicted octanol–water partition coefficient (Wildman–Crippen LogP) is 5.11. The van der Waals surface area contributed by atoms with Crippen molar-refractivity contribution in [2.24, 2.45) is 13.0 Å². The lowest BCUT2D eigenvalue weighted by Crippen LogP contribution is -2.04. The molecule has 5 nitrogen and oxygen atoms in total. The van der Waals surface area contributed by atoms with Gasteiger partial charge < -0.3 is 0 Å². The minimum atomic E-state index is 0.142. The molecule has 3 aromatic heterocycles. The van der Waals surface area contributed by atoms with Crippen molar-refractivity contribution in [1.29, 1.82) is 5.26 Å². The quantitative estimate of drug-likeness (QED) is 0.497. The van der Waals surface area contributed by atoms with E-state index in [0.29, 0.717) is 0 Å². The van der Waals surface area contributed by atoms with Crippen molar-refractivity contribution in [3.05, 3.63) is 72.8 Å². The van der Waals surface area contributed by atoms with Crippen molar-refractivity contribution in [1.82, 2.24) is 19.4 Å². The van der Waals surface area contributed by atoms with Gasteiger partial charge in [-0.1, -0.05) is 36.4 Å². The number of hydrogen-bond donors (Lipinski definition) is 0. The van der Waals surface area contributed by atoms with Crippen molar-refractivity contribution < 1.29 is 0 Å². The molecule has 0 spiro atoms. The number of aryl methyl sites for hydroxylation is 1. The molecule has 5 heteroatoms. The molecule has 0 saturated carbocycles. The van der Waals surface area contributed by atoms with Crippen LogP contribution < -0.4 is 0 Å². The van der Waals surface area contributed by atoms with Crippen molar-refractivity contribution in [3.63, 3.8) is 0 Å². The van der Waals surface area contributed by atoms with Gasteiger partial charge in [0.05, 0.1) is 29.9 Å². The van der Waals surface area contributed by atoms with E-state index in [0.717, 1.165) is 47.0 Å². The van der Waals surface area contributed by atoms with E-state index in [1.807, 2.05) is 47.1 Å². The zero-order valence-corrected chi connectivity index (χ0v) is 16.3. The van der Waals surface area contributed by atoms with Crippen LogP contribution in [0.5, 0.6) is 0 Å². The second-order valence-electron chi connectivity index (χ2n) is 7.58. The van der Waals surface area contributed by atoms with Gasteiger partial charge >= 0.3 is 0 Å². The summed E-state index contributed by atoms with van der Waals surface area (Å²) in [5, 5.41) is 18.0. The zero-order valence-electron chi connectivity index (χ0n) is 16.3. The Kier molecular flexibility index (Phi) is 4.25. The second-order valence-corrected chi connectivity index (χ2v) is 7.58. The Hall–Kier alpha value is -3.65. The number of hydrogen-bond acceptors (Lipinski definition) is 3. The highest BCUT2D eigenvalue weighted by Crippen LogP contribution is 2.36. The van der Waals surface area contributed by atoms with E-state index in [1.54, 1.807) is 0 Å². The third-order valence-corrected chi connectivity index (χ3v) is 5.71. The Bertz CT molecular complexity index is 1250. The Labute approximate surface area is 169 Å². The van der Waals surface area contributed by atoms with Gasteiger partial charge in [-0.05, 0) is 42.0 Å². The van der Waals surface area contributed by atoms with Crippen molar-refractivity contribution in [3.8, 4) is 28.3 Å². The molecule has 3 heterocycles. The summed E-state index contributed by atoms with van der Waals surface area (Å²) in [7, 11) is 1.93. The van der Waals surface area contributed by atoms with E-state index in [-0.39, 0.29) is 5.92 Å². The summed E-state index contributed by atoms with van der Waals surface area (Å²) in [6, 6.07) is 15.2. The average Bonchev–Trinajstić information content (AvgIpc) is 3.40. The molecule has 4 aromatic rings. The smallest absolute Gasteiger partial charge is 0.0814 e. The minimum absolute atomic E-state index is 0.142. The van der Waals surface area contributed by atoms with Gasteiger partial charge in [-0.2, -0.15) is 15.5 Å². The van der Waals surface area contributed by atoms with Crippen LogP contribution in [-0.4, -0.2) is 19.4 Å². The van der Waals surface area contributed by atoms with Gasteiger partial charge in [0.2, 0.25) is 0 Å². The summed E-state index contributed by atoms with van der Waals surface area (Å²) in [6.45, 7) is 0. The Morgan fingerprint density at radius 1 is 1.00 bits per heavy atom. The largest absolute Gasteiger partial charge is 0.275 e. The molecule has 1 aliphatic carbocycles. The van der Waals surface area contributed by atoms with Gasteiger partial charge in [0, 0.05) is 36.1 Å². The zero-order chi connectivity index (χ0) is 19.8. The summed E-state index contributed by atoms with van der Waals surface area (Å²) >= 11 is 0. The molecule has 1 unspecified atom stereocenters. The maximum absolute atomic E-state index is 9.19. The summed E-state index contributed by atoms with van der Waals surface area (Å²) < 4.78 is 3.77. The molecule has 0 amide bonds. The topological polar surface area (TPSA) is 58.9 Å². The summed E-state index contributed by atoms with van der Waals surface area (Å²) in [5.41, 5.74) is 8.19. The highest BCUT2D eigenvalue weighted by Gasteiger charge is 2.19. The molecule has 142 valence electrons. The predicted molar refractivity (Wildman–Crippen MR) is 114 cm³/mol. The maximum Gasteiger partial charge on any atom is 0.0814 e. The summed E-state index contributed by atoms with van der Waals surface area (Å²) in [5.74, 6) is 0.142. The van der Waals surface area contributed by atoms with Crippen LogP contribution in [-0.2, 0) is 7.05 Å². The number of allylic oxidation sites excluding steroid dienone is 2. The highest BCUT2D eigenvalue weighted by molar-refractivity contribution is 5.90. The number of nitrogens with zero attached hydrogens (tertiary/aromatic N) is 5. The molecule has 0 saturated heterocycles. The molecular formula is C24H21N5. The third kappa shape index (κ3) is 3.13. The molecular weight excluding hydrogens is 358 g/mol. The first-order chi connectivity index (χ1) is 14.2. The van der Waals surface area contributed by atoms with E-state index in [1.165, 1.54) is 11.1 Å². The normalized spacial score (nSPS) is 16.6. The van der Waals surface area contributed by atoms with Crippen LogP contribution in [0.2, 0.25) is 0 Å². The second kappa shape index (κ2) is 7.06. The first-order valence-corrected chi connectivity index (χ1v) is 9.88. The lowest BCUT2D eigenvalue weighted by Gasteiger charge is -2.18. The number of benzene rings is 1. The van der Waals surface area contributed by atoms with Gasteiger partial charge in [-0.15, -0.1) is 0 Å². The van der Waals surface area contributed by atoms with Crippen LogP contribution in [0, 0.1) is 17.2 Å². The van der Waals surface area contributed by atoms with Gasteiger partial charge in [0.25, 0.3) is 0 Å². The Balaban J connectivity index is 1.56. The van der Waals surface area contributed by atoms with Gasteiger partial charge in [-0.3, -0.25) is 4.68 Å². The fraction of sp³-hybridized carbons (Fsp3) is 0.208. The monoisotopic (exact) mass is 379 g/mol. The molecule has 1 aromatic carbocycles. The fourth-order valence-corrected chi connectivity index (χ4v) is 4.12. The number of aromatic nitrogens is 4. The van der Waals surface area contributed by atoms with E-state index in [4.69, 9.17) is 0 Å². The van der Waals surface area contributed by atoms with Crippen molar-refractivity contribution in [2.75, 3.05) is 0 Å². The standard InChI is InChI=1S/C24H21N5/c1-28-16-21(14-26-28)18-8-10-20(11-9-18)23-15-27-29-12-2-3-22(24(23)29)19-6-4-17(13-25)5-7-19/h2-3,6,8-12,14-17H,4-5,7H2,1H3.